The summed E-state index contributed by atoms with van der Waals surface area (Å²) >= 11 is 6.13. The fourth-order valence-electron chi connectivity index (χ4n) is 2.98. The van der Waals surface area contributed by atoms with Gasteiger partial charge in [0.1, 0.15) is 10.8 Å². The molecule has 2 aromatic heterocycles. The summed E-state index contributed by atoms with van der Waals surface area (Å²) < 4.78 is 5.07. The molecule has 0 spiro atoms. The first kappa shape index (κ1) is 16.9. The van der Waals surface area contributed by atoms with Crippen LogP contribution in [-0.4, -0.2) is 33.5 Å². The normalized spacial score (nSPS) is 14.5. The van der Waals surface area contributed by atoms with Gasteiger partial charge in [-0.1, -0.05) is 18.5 Å². The van der Waals surface area contributed by atoms with Gasteiger partial charge in [0.15, 0.2) is 0 Å². The summed E-state index contributed by atoms with van der Waals surface area (Å²) in [6.45, 7) is 4.22. The molecule has 0 bridgehead atoms. The Morgan fingerprint density at radius 2 is 2.29 bits per heavy atom. The van der Waals surface area contributed by atoms with E-state index in [1.165, 1.54) is 0 Å². The second-order valence-electron chi connectivity index (χ2n) is 5.98. The maximum Gasteiger partial charge on any atom is 0.255 e. The molecule has 1 N–H and O–H groups in total. The van der Waals surface area contributed by atoms with Crippen molar-refractivity contribution in [1.29, 1.82) is 0 Å². The molecule has 0 aliphatic carbocycles. The van der Waals surface area contributed by atoms with Crippen molar-refractivity contribution in [3.63, 3.8) is 0 Å². The van der Waals surface area contributed by atoms with E-state index in [2.05, 4.69) is 26.8 Å². The van der Waals surface area contributed by atoms with Gasteiger partial charge in [-0.2, -0.15) is 0 Å². The highest BCUT2D eigenvalue weighted by Gasteiger charge is 2.21. The molecule has 3 heterocycles. The number of aromatic nitrogens is 3. The van der Waals surface area contributed by atoms with Gasteiger partial charge in [-0.3, -0.25) is 9.69 Å². The third kappa shape index (κ3) is 3.60. The number of rotatable bonds is 5. The minimum atomic E-state index is -0.0148. The highest BCUT2D eigenvalue weighted by atomic mass is 35.5. The van der Waals surface area contributed by atoms with E-state index in [-0.39, 0.29) is 5.56 Å². The first-order valence-electron chi connectivity index (χ1n) is 8.12. The summed E-state index contributed by atoms with van der Waals surface area (Å²) in [5.74, 6) is 1.22. The SMILES string of the molecule is CCCc1nc2c(c(=O)[nH]1)CN(Cc1cnc(OC)c(Cl)c1)CC2. The number of fused-ring (bicyclic) bond motifs is 1. The Balaban J connectivity index is 1.75. The Morgan fingerprint density at radius 1 is 1.46 bits per heavy atom. The van der Waals surface area contributed by atoms with Gasteiger partial charge in [0, 0.05) is 38.7 Å². The summed E-state index contributed by atoms with van der Waals surface area (Å²) in [6, 6.07) is 1.86. The van der Waals surface area contributed by atoms with Crippen LogP contribution in [0.15, 0.2) is 17.1 Å². The number of aryl methyl sites for hydroxylation is 1. The molecule has 1 aliphatic rings. The Labute approximate surface area is 145 Å². The van der Waals surface area contributed by atoms with Gasteiger partial charge in [-0.15, -0.1) is 0 Å². The number of H-pyrrole nitrogens is 1. The molecule has 128 valence electrons. The number of aromatic amines is 1. The van der Waals surface area contributed by atoms with Crippen molar-refractivity contribution in [2.75, 3.05) is 13.7 Å². The number of nitrogens with zero attached hydrogens (tertiary/aromatic N) is 3. The van der Waals surface area contributed by atoms with Gasteiger partial charge in [0.05, 0.1) is 18.4 Å². The van der Waals surface area contributed by atoms with E-state index in [4.69, 9.17) is 16.3 Å². The van der Waals surface area contributed by atoms with Crippen molar-refractivity contribution in [1.82, 2.24) is 19.9 Å². The zero-order valence-corrected chi connectivity index (χ0v) is 14.7. The molecule has 0 atom stereocenters. The van der Waals surface area contributed by atoms with E-state index >= 15 is 0 Å². The molecule has 2 aromatic rings. The molecule has 0 radical (unpaired) electrons. The first-order chi connectivity index (χ1) is 11.6. The second-order valence-corrected chi connectivity index (χ2v) is 6.39. The van der Waals surface area contributed by atoms with Crippen molar-refractivity contribution < 1.29 is 4.74 Å². The van der Waals surface area contributed by atoms with Crippen LogP contribution in [0.3, 0.4) is 0 Å². The van der Waals surface area contributed by atoms with Crippen molar-refractivity contribution in [2.24, 2.45) is 0 Å². The van der Waals surface area contributed by atoms with Crippen molar-refractivity contribution in [3.8, 4) is 5.88 Å². The Hall–Kier alpha value is -1.92. The number of nitrogens with one attached hydrogen (secondary N) is 1. The van der Waals surface area contributed by atoms with Crippen molar-refractivity contribution >= 4 is 11.6 Å². The lowest BCUT2D eigenvalue weighted by Crippen LogP contribution is -2.35. The van der Waals surface area contributed by atoms with E-state index in [0.29, 0.717) is 24.0 Å². The molecule has 0 saturated carbocycles. The summed E-state index contributed by atoms with van der Waals surface area (Å²) in [6.07, 6.45) is 4.32. The predicted octanol–water partition coefficient (Wildman–Crippen LogP) is 2.34. The third-order valence-electron chi connectivity index (χ3n) is 4.15. The standard InChI is InChI=1S/C17H21ClN4O2/c1-3-4-15-20-14-5-6-22(10-12(14)16(23)21-15)9-11-7-13(18)17(24-2)19-8-11/h7-8H,3-6,9-10H2,1-2H3,(H,20,21,23). The molecule has 7 heteroatoms. The van der Waals surface area contributed by atoms with E-state index < -0.39 is 0 Å². The maximum atomic E-state index is 12.3. The zero-order valence-electron chi connectivity index (χ0n) is 13.9. The Kier molecular flexibility index (Phi) is 5.16. The van der Waals surface area contributed by atoms with E-state index in [9.17, 15) is 4.79 Å². The van der Waals surface area contributed by atoms with Crippen molar-refractivity contribution in [2.45, 2.75) is 39.3 Å². The van der Waals surface area contributed by atoms with Gasteiger partial charge >= 0.3 is 0 Å². The van der Waals surface area contributed by atoms with Crippen LogP contribution >= 0.6 is 11.6 Å². The van der Waals surface area contributed by atoms with Crippen LogP contribution in [0, 0.1) is 0 Å². The van der Waals surface area contributed by atoms with Gasteiger partial charge in [0.25, 0.3) is 5.56 Å². The van der Waals surface area contributed by atoms with E-state index in [0.717, 1.165) is 48.5 Å². The summed E-state index contributed by atoms with van der Waals surface area (Å²) in [4.78, 5) is 26.2. The molecule has 24 heavy (non-hydrogen) atoms. The number of methoxy groups -OCH3 is 1. The van der Waals surface area contributed by atoms with Crippen LogP contribution in [-0.2, 0) is 25.9 Å². The lowest BCUT2D eigenvalue weighted by atomic mass is 10.1. The maximum absolute atomic E-state index is 12.3. The number of hydrogen-bond donors (Lipinski definition) is 1. The number of ether oxygens (including phenoxy) is 1. The highest BCUT2D eigenvalue weighted by molar-refractivity contribution is 6.31. The van der Waals surface area contributed by atoms with Gasteiger partial charge in [0.2, 0.25) is 5.88 Å². The van der Waals surface area contributed by atoms with E-state index in [1.807, 2.05) is 6.07 Å². The highest BCUT2D eigenvalue weighted by Crippen LogP contribution is 2.23. The fraction of sp³-hybridized carbons (Fsp3) is 0.471. The minimum Gasteiger partial charge on any atom is -0.480 e. The molecular formula is C17H21ClN4O2. The molecule has 0 amide bonds. The summed E-state index contributed by atoms with van der Waals surface area (Å²) in [5.41, 5.74) is 2.69. The topological polar surface area (TPSA) is 71.1 Å². The number of hydrogen-bond acceptors (Lipinski definition) is 5. The van der Waals surface area contributed by atoms with Gasteiger partial charge in [-0.25, -0.2) is 9.97 Å². The van der Waals surface area contributed by atoms with Crippen LogP contribution in [0.2, 0.25) is 5.02 Å². The lowest BCUT2D eigenvalue weighted by molar-refractivity contribution is 0.241. The molecule has 6 nitrogen and oxygen atoms in total. The average Bonchev–Trinajstić information content (AvgIpc) is 2.56. The smallest absolute Gasteiger partial charge is 0.255 e. The predicted molar refractivity (Wildman–Crippen MR) is 92.5 cm³/mol. The van der Waals surface area contributed by atoms with Crippen molar-refractivity contribution in [3.05, 3.63) is 50.3 Å². The number of halogens is 1. The average molecular weight is 349 g/mol. The Morgan fingerprint density at radius 3 is 3.00 bits per heavy atom. The molecule has 0 aromatic carbocycles. The molecule has 1 aliphatic heterocycles. The summed E-state index contributed by atoms with van der Waals surface area (Å²) in [5, 5.41) is 0.496. The van der Waals surface area contributed by atoms with Gasteiger partial charge < -0.3 is 9.72 Å². The first-order valence-corrected chi connectivity index (χ1v) is 8.50. The van der Waals surface area contributed by atoms with E-state index in [1.54, 1.807) is 13.3 Å². The molecule has 0 fully saturated rings. The largest absolute Gasteiger partial charge is 0.480 e. The third-order valence-corrected chi connectivity index (χ3v) is 4.42. The van der Waals surface area contributed by atoms with Crippen LogP contribution in [0.4, 0.5) is 0 Å². The monoisotopic (exact) mass is 348 g/mol. The number of pyridine rings is 1. The lowest BCUT2D eigenvalue weighted by Gasteiger charge is -2.27. The molecule has 3 rings (SSSR count). The minimum absolute atomic E-state index is 0.0148. The van der Waals surface area contributed by atoms with Crippen LogP contribution in [0.1, 0.15) is 36.0 Å². The quantitative estimate of drug-likeness (QED) is 0.898. The summed E-state index contributed by atoms with van der Waals surface area (Å²) in [7, 11) is 1.54. The molecule has 0 saturated heterocycles. The second kappa shape index (κ2) is 7.32. The Bertz CT molecular complexity index is 791. The van der Waals surface area contributed by atoms with Crippen LogP contribution in [0.25, 0.3) is 0 Å². The molecule has 0 unspecified atom stereocenters. The zero-order chi connectivity index (χ0) is 17.1. The molecular weight excluding hydrogens is 328 g/mol. The van der Waals surface area contributed by atoms with Crippen LogP contribution < -0.4 is 10.3 Å². The fourth-order valence-corrected chi connectivity index (χ4v) is 3.25. The van der Waals surface area contributed by atoms with Crippen LogP contribution in [0.5, 0.6) is 5.88 Å². The van der Waals surface area contributed by atoms with Gasteiger partial charge in [-0.05, 0) is 18.1 Å².